The smallest absolute Gasteiger partial charge is 0.351 e. The van der Waals surface area contributed by atoms with Crippen molar-refractivity contribution in [3.05, 3.63) is 65.2 Å². The normalized spacial score (nSPS) is 25.0. The van der Waals surface area contributed by atoms with Crippen molar-refractivity contribution < 1.29 is 32.8 Å². The van der Waals surface area contributed by atoms with Crippen molar-refractivity contribution in [3.63, 3.8) is 0 Å². The summed E-state index contributed by atoms with van der Waals surface area (Å²) in [7, 11) is 0. The van der Waals surface area contributed by atoms with Gasteiger partial charge in [-0.15, -0.1) is 0 Å². The van der Waals surface area contributed by atoms with Gasteiger partial charge in [-0.3, -0.25) is 9.36 Å². The number of anilines is 1. The molecule has 2 aromatic carbocycles. The predicted molar refractivity (Wildman–Crippen MR) is 151 cm³/mol. The molecular weight excluding hydrogens is 562 g/mol. The molecule has 216 valence electrons. The maximum atomic E-state index is 15.7. The van der Waals surface area contributed by atoms with Gasteiger partial charge in [-0.05, 0) is 68.5 Å². The Morgan fingerprint density at radius 2 is 1.98 bits per heavy atom. The van der Waals surface area contributed by atoms with Gasteiger partial charge in [0.15, 0.2) is 11.9 Å². The Hall–Kier alpha value is -2.93. The van der Waals surface area contributed by atoms with Crippen molar-refractivity contribution >= 4 is 41.0 Å². The highest BCUT2D eigenvalue weighted by molar-refractivity contribution is 8.09. The number of rotatable bonds is 10. The van der Waals surface area contributed by atoms with E-state index in [4.69, 9.17) is 36.1 Å². The molecule has 1 aliphatic heterocycles. The summed E-state index contributed by atoms with van der Waals surface area (Å²) in [5, 5.41) is 15.6. The Kier molecular flexibility index (Phi) is 8.93. The fraction of sp³-hybridized carbons (Fsp3) is 0.423. The predicted octanol–water partition coefficient (Wildman–Crippen LogP) is 3.22. The Morgan fingerprint density at radius 3 is 2.65 bits per heavy atom. The summed E-state index contributed by atoms with van der Waals surface area (Å²) in [5.41, 5.74) is 2.30. The minimum Gasteiger partial charge on any atom is -0.462 e. The number of carbonyl (C=O) groups is 1. The van der Waals surface area contributed by atoms with E-state index >= 15 is 4.39 Å². The molecule has 40 heavy (non-hydrogen) atoms. The second kappa shape index (κ2) is 11.9. The highest BCUT2D eigenvalue weighted by Crippen LogP contribution is 2.48. The number of halogens is 1. The van der Waals surface area contributed by atoms with Crippen LogP contribution in [0.25, 0.3) is 10.8 Å². The molecule has 6 atom stereocenters. The van der Waals surface area contributed by atoms with E-state index in [0.29, 0.717) is 5.75 Å². The van der Waals surface area contributed by atoms with Crippen LogP contribution in [-0.2, 0) is 30.6 Å². The standard InChI is InChI=1S/C26H32FN4O7PS/c1-15(2)36-23(33)16(3)30-39(40,38-19-10-9-17-7-5-6-8-18(17)13-19)35-14-20-22(32)26(4,27)24(37-20)31-12-11-21(28)29-25(31)34/h5-13,15-16,20,22,24,32H,14H2,1-4H3,(H,30,40)(H2,28,29,34). The van der Waals surface area contributed by atoms with Crippen LogP contribution in [0.2, 0.25) is 0 Å². The molecular formula is C26H32FN4O7PS. The van der Waals surface area contributed by atoms with Crippen LogP contribution in [0.4, 0.5) is 10.2 Å². The number of carbonyl (C=O) groups excluding carboxylic acids is 1. The number of ether oxygens (including phenoxy) is 2. The summed E-state index contributed by atoms with van der Waals surface area (Å²) in [6.45, 7) is 2.14. The monoisotopic (exact) mass is 594 g/mol. The molecule has 3 aromatic rings. The summed E-state index contributed by atoms with van der Waals surface area (Å²) in [4.78, 5) is 28.5. The molecule has 6 unspecified atom stereocenters. The van der Waals surface area contributed by atoms with Crippen molar-refractivity contribution in [3.8, 4) is 5.75 Å². The summed E-state index contributed by atoms with van der Waals surface area (Å²) in [5.74, 6) is -0.235. The third kappa shape index (κ3) is 6.68. The quantitative estimate of drug-likeness (QED) is 0.235. The minimum absolute atomic E-state index is 0.0389. The second-order valence-electron chi connectivity index (χ2n) is 9.90. The van der Waals surface area contributed by atoms with Gasteiger partial charge in [-0.25, -0.2) is 14.3 Å². The number of nitrogens with zero attached hydrogens (tertiary/aromatic N) is 2. The maximum Gasteiger partial charge on any atom is 0.351 e. The second-order valence-corrected chi connectivity index (χ2v) is 13.0. The zero-order valence-corrected chi connectivity index (χ0v) is 24.1. The molecule has 1 aromatic heterocycles. The lowest BCUT2D eigenvalue weighted by atomic mass is 9.98. The van der Waals surface area contributed by atoms with Crippen LogP contribution in [0.3, 0.4) is 0 Å². The molecule has 14 heteroatoms. The van der Waals surface area contributed by atoms with Gasteiger partial charge in [0.25, 0.3) is 0 Å². The summed E-state index contributed by atoms with van der Waals surface area (Å²) in [6, 6.07) is 13.4. The first kappa shape index (κ1) is 30.0. The van der Waals surface area contributed by atoms with Crippen LogP contribution in [0.5, 0.6) is 5.75 Å². The van der Waals surface area contributed by atoms with Crippen LogP contribution in [0.15, 0.2) is 59.5 Å². The summed E-state index contributed by atoms with van der Waals surface area (Å²) in [6.07, 6.45) is -3.57. The van der Waals surface area contributed by atoms with E-state index in [1.807, 2.05) is 30.3 Å². The minimum atomic E-state index is -3.53. The topological polar surface area (TPSA) is 147 Å². The van der Waals surface area contributed by atoms with E-state index in [0.717, 1.165) is 22.3 Å². The Morgan fingerprint density at radius 1 is 1.27 bits per heavy atom. The number of aliphatic hydroxyl groups excluding tert-OH is 1. The summed E-state index contributed by atoms with van der Waals surface area (Å²) >= 11 is 5.74. The number of nitrogen functional groups attached to an aromatic ring is 1. The molecule has 1 aliphatic rings. The van der Waals surface area contributed by atoms with Crippen molar-refractivity contribution in [2.75, 3.05) is 12.3 Å². The van der Waals surface area contributed by atoms with E-state index in [1.165, 1.54) is 12.3 Å². The number of aromatic nitrogens is 2. The molecule has 0 radical (unpaired) electrons. The van der Waals surface area contributed by atoms with Gasteiger partial charge >= 0.3 is 18.3 Å². The van der Waals surface area contributed by atoms with Gasteiger partial charge < -0.3 is 29.4 Å². The van der Waals surface area contributed by atoms with Crippen molar-refractivity contribution in [1.82, 2.24) is 14.6 Å². The number of hydrogen-bond donors (Lipinski definition) is 3. The lowest BCUT2D eigenvalue weighted by Gasteiger charge is -2.28. The van der Waals surface area contributed by atoms with Crippen molar-refractivity contribution in [1.29, 1.82) is 0 Å². The zero-order valence-electron chi connectivity index (χ0n) is 22.4. The molecule has 2 heterocycles. The lowest BCUT2D eigenvalue weighted by Crippen LogP contribution is -2.43. The van der Waals surface area contributed by atoms with Gasteiger partial charge in [0.05, 0.1) is 12.7 Å². The van der Waals surface area contributed by atoms with Gasteiger partial charge in [-0.1, -0.05) is 30.3 Å². The SMILES string of the molecule is CC(C)OC(=O)C(C)NP(=S)(OCC1OC(n2ccc(N)nc2=O)C(C)(F)C1O)Oc1ccc2ccccc2c1. The van der Waals surface area contributed by atoms with E-state index in [1.54, 1.807) is 32.9 Å². The Bertz CT molecular complexity index is 1490. The highest BCUT2D eigenvalue weighted by atomic mass is 32.5. The average Bonchev–Trinajstić information content (AvgIpc) is 3.10. The first-order valence-corrected chi connectivity index (χ1v) is 15.2. The number of fused-ring (bicyclic) bond motifs is 1. The molecule has 0 saturated carbocycles. The molecule has 4 rings (SSSR count). The van der Waals surface area contributed by atoms with Crippen LogP contribution in [-0.4, -0.2) is 57.3 Å². The van der Waals surface area contributed by atoms with Gasteiger partial charge in [0.2, 0.25) is 0 Å². The Balaban J connectivity index is 1.57. The van der Waals surface area contributed by atoms with Crippen LogP contribution in [0, 0.1) is 0 Å². The lowest BCUT2D eigenvalue weighted by molar-refractivity contribution is -0.149. The number of aliphatic hydroxyl groups is 1. The molecule has 0 bridgehead atoms. The first-order valence-electron chi connectivity index (χ1n) is 12.6. The number of esters is 1. The van der Waals surface area contributed by atoms with E-state index in [-0.39, 0.29) is 11.9 Å². The largest absolute Gasteiger partial charge is 0.462 e. The zero-order chi connectivity index (χ0) is 29.2. The average molecular weight is 595 g/mol. The van der Waals surface area contributed by atoms with E-state index in [9.17, 15) is 14.7 Å². The van der Waals surface area contributed by atoms with Gasteiger partial charge in [0.1, 0.15) is 29.8 Å². The molecule has 11 nitrogen and oxygen atoms in total. The highest BCUT2D eigenvalue weighted by Gasteiger charge is 2.55. The number of nitrogens with one attached hydrogen (secondary N) is 1. The molecule has 0 aliphatic carbocycles. The van der Waals surface area contributed by atoms with E-state index < -0.39 is 55.1 Å². The maximum absolute atomic E-state index is 15.7. The molecule has 0 spiro atoms. The van der Waals surface area contributed by atoms with Crippen molar-refractivity contribution in [2.45, 2.75) is 63.9 Å². The third-order valence-electron chi connectivity index (χ3n) is 6.23. The fourth-order valence-corrected chi connectivity index (χ4v) is 6.61. The number of hydrogen-bond acceptors (Lipinski definition) is 10. The fourth-order valence-electron chi connectivity index (χ4n) is 4.20. The van der Waals surface area contributed by atoms with E-state index in [2.05, 4.69) is 10.1 Å². The number of benzene rings is 2. The van der Waals surface area contributed by atoms with Crippen molar-refractivity contribution in [2.24, 2.45) is 0 Å². The van der Waals surface area contributed by atoms with Crippen LogP contribution < -0.4 is 21.0 Å². The first-order chi connectivity index (χ1) is 18.8. The molecule has 1 saturated heterocycles. The number of nitrogens with two attached hydrogens (primary N) is 1. The molecule has 0 amide bonds. The third-order valence-corrected chi connectivity index (χ3v) is 8.73. The van der Waals surface area contributed by atoms with Gasteiger partial charge in [-0.2, -0.15) is 4.98 Å². The summed E-state index contributed by atoms with van der Waals surface area (Å²) < 4.78 is 39.6. The van der Waals surface area contributed by atoms with Crippen LogP contribution in [0.1, 0.15) is 33.9 Å². The van der Waals surface area contributed by atoms with Crippen LogP contribution >= 0.6 is 6.64 Å². The number of alkyl halides is 1. The Labute approximate surface area is 235 Å². The molecule has 1 fully saturated rings. The molecule has 4 N–H and O–H groups in total. The van der Waals surface area contributed by atoms with Gasteiger partial charge in [0, 0.05) is 6.20 Å².